The fourth-order valence-corrected chi connectivity index (χ4v) is 3.06. The van der Waals surface area contributed by atoms with E-state index in [1.807, 2.05) is 0 Å². The third-order valence-electron chi connectivity index (χ3n) is 4.27. The van der Waals surface area contributed by atoms with Gasteiger partial charge in [0.1, 0.15) is 18.8 Å². The molecule has 0 amide bonds. The topological polar surface area (TPSA) is 92.0 Å². The summed E-state index contributed by atoms with van der Waals surface area (Å²) in [7, 11) is 1.24. The van der Waals surface area contributed by atoms with Crippen molar-refractivity contribution in [3.05, 3.63) is 51.8 Å². The van der Waals surface area contributed by atoms with Crippen LogP contribution < -0.4 is 0 Å². The number of halogens is 4. The molecular formula is C19H17BrF3N3O5. The molecule has 0 radical (unpaired) electrons. The zero-order valence-corrected chi connectivity index (χ0v) is 18.0. The molecule has 2 heterocycles. The second-order valence-corrected chi connectivity index (χ2v) is 7.52. The first-order valence-electron chi connectivity index (χ1n) is 8.99. The van der Waals surface area contributed by atoms with Gasteiger partial charge in [-0.25, -0.2) is 14.6 Å². The SMILES string of the molecule is CCOC(=O)[C@]1(COC(=O)c2cn(C)nc2C(F)(F)F)COC(c2ccc(Br)cc2)=N1. The fourth-order valence-electron chi connectivity index (χ4n) is 2.80. The van der Waals surface area contributed by atoms with Crippen molar-refractivity contribution in [2.24, 2.45) is 12.0 Å². The molecule has 1 atom stereocenters. The number of carbonyl (C=O) groups is 2. The predicted molar refractivity (Wildman–Crippen MR) is 104 cm³/mol. The van der Waals surface area contributed by atoms with Crippen LogP contribution in [-0.4, -0.2) is 53.0 Å². The predicted octanol–water partition coefficient (Wildman–Crippen LogP) is 3.14. The normalized spacial score (nSPS) is 18.3. The average molecular weight is 504 g/mol. The third-order valence-corrected chi connectivity index (χ3v) is 4.80. The van der Waals surface area contributed by atoms with E-state index in [-0.39, 0.29) is 19.1 Å². The van der Waals surface area contributed by atoms with Crippen LogP contribution in [-0.2, 0) is 32.2 Å². The highest BCUT2D eigenvalue weighted by Gasteiger charge is 2.48. The van der Waals surface area contributed by atoms with Gasteiger partial charge in [-0.2, -0.15) is 18.3 Å². The number of rotatable bonds is 6. The number of aryl methyl sites for hydroxylation is 1. The van der Waals surface area contributed by atoms with E-state index in [0.29, 0.717) is 5.56 Å². The minimum atomic E-state index is -4.85. The van der Waals surface area contributed by atoms with Crippen LogP contribution in [0, 0.1) is 0 Å². The maximum absolute atomic E-state index is 13.1. The molecule has 3 rings (SSSR count). The monoisotopic (exact) mass is 503 g/mol. The van der Waals surface area contributed by atoms with Crippen molar-refractivity contribution in [1.29, 1.82) is 0 Å². The third kappa shape index (κ3) is 4.89. The van der Waals surface area contributed by atoms with Gasteiger partial charge >= 0.3 is 18.1 Å². The maximum atomic E-state index is 13.1. The van der Waals surface area contributed by atoms with Crippen LogP contribution in [0.5, 0.6) is 0 Å². The van der Waals surface area contributed by atoms with E-state index in [1.165, 1.54) is 7.05 Å². The number of aromatic nitrogens is 2. The van der Waals surface area contributed by atoms with Gasteiger partial charge in [0.15, 0.2) is 5.69 Å². The molecule has 0 N–H and O–H groups in total. The molecule has 0 saturated heterocycles. The molecule has 1 aliphatic heterocycles. The number of carbonyl (C=O) groups excluding carboxylic acids is 2. The summed E-state index contributed by atoms with van der Waals surface area (Å²) in [5.74, 6) is -2.00. The van der Waals surface area contributed by atoms with Crippen LogP contribution in [0.2, 0.25) is 0 Å². The number of ether oxygens (including phenoxy) is 3. The van der Waals surface area contributed by atoms with Gasteiger partial charge in [0.25, 0.3) is 0 Å². The second kappa shape index (κ2) is 8.69. The zero-order chi connectivity index (χ0) is 22.8. The van der Waals surface area contributed by atoms with Crippen molar-refractivity contribution in [3.63, 3.8) is 0 Å². The molecular weight excluding hydrogens is 487 g/mol. The Hall–Kier alpha value is -2.89. The number of hydrogen-bond donors (Lipinski definition) is 0. The molecule has 12 heteroatoms. The molecule has 0 fully saturated rings. The second-order valence-electron chi connectivity index (χ2n) is 6.60. The minimum Gasteiger partial charge on any atom is -0.474 e. The summed E-state index contributed by atoms with van der Waals surface area (Å²) in [5, 5.41) is 3.27. The number of hydrogen-bond acceptors (Lipinski definition) is 7. The summed E-state index contributed by atoms with van der Waals surface area (Å²) < 4.78 is 56.7. The number of benzene rings is 1. The van der Waals surface area contributed by atoms with Crippen LogP contribution >= 0.6 is 15.9 Å². The van der Waals surface area contributed by atoms with Crippen LogP contribution in [0.3, 0.4) is 0 Å². The van der Waals surface area contributed by atoms with E-state index in [9.17, 15) is 22.8 Å². The first-order valence-corrected chi connectivity index (χ1v) is 9.79. The van der Waals surface area contributed by atoms with E-state index in [4.69, 9.17) is 14.2 Å². The van der Waals surface area contributed by atoms with Crippen LogP contribution in [0.15, 0.2) is 39.9 Å². The van der Waals surface area contributed by atoms with Gasteiger partial charge in [0, 0.05) is 23.3 Å². The molecule has 0 bridgehead atoms. The summed E-state index contributed by atoms with van der Waals surface area (Å²) >= 11 is 3.31. The van der Waals surface area contributed by atoms with Crippen LogP contribution in [0.4, 0.5) is 13.2 Å². The van der Waals surface area contributed by atoms with Crippen molar-refractivity contribution < 1.29 is 37.0 Å². The van der Waals surface area contributed by atoms with Gasteiger partial charge in [-0.05, 0) is 31.2 Å². The largest absolute Gasteiger partial charge is 0.474 e. The minimum absolute atomic E-state index is 0.0263. The molecule has 0 saturated carbocycles. The maximum Gasteiger partial charge on any atom is 0.436 e. The standard InChI is InChI=1S/C19H17BrF3N3O5/c1-3-29-17(28)18(9-30-15(24-18)11-4-6-12(20)7-5-11)10-31-16(27)13-8-26(2)25-14(13)19(21,22)23/h4-8H,3,9-10H2,1-2H3/t18-/m1/s1. The molecule has 1 aliphatic rings. The van der Waals surface area contributed by atoms with E-state index in [0.717, 1.165) is 15.4 Å². The molecule has 0 unspecified atom stereocenters. The summed E-state index contributed by atoms with van der Waals surface area (Å²) in [6, 6.07) is 6.88. The molecule has 8 nitrogen and oxygen atoms in total. The molecule has 31 heavy (non-hydrogen) atoms. The van der Waals surface area contributed by atoms with E-state index < -0.39 is 41.5 Å². The smallest absolute Gasteiger partial charge is 0.436 e. The highest BCUT2D eigenvalue weighted by atomic mass is 79.9. The Morgan fingerprint density at radius 2 is 1.94 bits per heavy atom. The number of alkyl halides is 3. The van der Waals surface area contributed by atoms with Gasteiger partial charge in [0.05, 0.1) is 6.61 Å². The summed E-state index contributed by atoms with van der Waals surface area (Å²) in [6.07, 6.45) is -3.96. The quantitative estimate of drug-likeness (QED) is 0.562. The van der Waals surface area contributed by atoms with E-state index in [1.54, 1.807) is 31.2 Å². The summed E-state index contributed by atoms with van der Waals surface area (Å²) in [4.78, 5) is 29.2. The lowest BCUT2D eigenvalue weighted by molar-refractivity contribution is -0.152. The van der Waals surface area contributed by atoms with Gasteiger partial charge in [-0.3, -0.25) is 4.68 Å². The molecule has 2 aromatic rings. The van der Waals surface area contributed by atoms with Crippen molar-refractivity contribution in [2.75, 3.05) is 19.8 Å². The van der Waals surface area contributed by atoms with Gasteiger partial charge in [-0.15, -0.1) is 0 Å². The Morgan fingerprint density at radius 1 is 1.26 bits per heavy atom. The lowest BCUT2D eigenvalue weighted by Gasteiger charge is -2.21. The lowest BCUT2D eigenvalue weighted by atomic mass is 10.0. The first kappa shape index (κ1) is 22.8. The van der Waals surface area contributed by atoms with Crippen LogP contribution in [0.25, 0.3) is 0 Å². The highest BCUT2D eigenvalue weighted by molar-refractivity contribution is 9.10. The Balaban J connectivity index is 1.86. The van der Waals surface area contributed by atoms with Gasteiger partial charge in [0.2, 0.25) is 11.4 Å². The van der Waals surface area contributed by atoms with E-state index in [2.05, 4.69) is 26.0 Å². The van der Waals surface area contributed by atoms with E-state index >= 15 is 0 Å². The van der Waals surface area contributed by atoms with Crippen molar-refractivity contribution in [3.8, 4) is 0 Å². The lowest BCUT2D eigenvalue weighted by Crippen LogP contribution is -2.45. The number of nitrogens with zero attached hydrogens (tertiary/aromatic N) is 3. The average Bonchev–Trinajstić information content (AvgIpc) is 3.32. The zero-order valence-electron chi connectivity index (χ0n) is 16.4. The Kier molecular flexibility index (Phi) is 6.39. The molecule has 0 spiro atoms. The van der Waals surface area contributed by atoms with Crippen molar-refractivity contribution in [1.82, 2.24) is 9.78 Å². The van der Waals surface area contributed by atoms with Gasteiger partial charge in [-0.1, -0.05) is 15.9 Å². The van der Waals surface area contributed by atoms with Crippen molar-refractivity contribution in [2.45, 2.75) is 18.6 Å². The Labute approximate surface area is 183 Å². The number of esters is 2. The fraction of sp³-hybridized carbons (Fsp3) is 0.368. The molecule has 166 valence electrons. The Bertz CT molecular complexity index is 1020. The first-order chi connectivity index (χ1) is 14.6. The van der Waals surface area contributed by atoms with Crippen LogP contribution in [0.1, 0.15) is 28.5 Å². The van der Waals surface area contributed by atoms with Gasteiger partial charge < -0.3 is 14.2 Å². The molecule has 1 aromatic heterocycles. The molecule has 0 aliphatic carbocycles. The highest BCUT2D eigenvalue weighted by Crippen LogP contribution is 2.31. The summed E-state index contributed by atoms with van der Waals surface area (Å²) in [5.41, 5.74) is -3.33. The summed E-state index contributed by atoms with van der Waals surface area (Å²) in [6.45, 7) is 0.636. The molecule has 1 aromatic carbocycles. The number of aliphatic imine (C=N–C) groups is 1. The van der Waals surface area contributed by atoms with Crippen molar-refractivity contribution >= 4 is 33.8 Å². The Morgan fingerprint density at radius 3 is 2.55 bits per heavy atom.